The number of carbonyl (C=O) groups is 1. The molecule has 0 aliphatic carbocycles. The molecule has 0 bridgehead atoms. The Bertz CT molecular complexity index is 687. The van der Waals surface area contributed by atoms with E-state index in [1.807, 2.05) is 13.0 Å². The number of guanidine groups is 1. The highest BCUT2D eigenvalue weighted by molar-refractivity contribution is 5.80. The van der Waals surface area contributed by atoms with Crippen LogP contribution in [0.2, 0.25) is 0 Å². The Morgan fingerprint density at radius 1 is 1.28 bits per heavy atom. The molecule has 0 amide bonds. The van der Waals surface area contributed by atoms with E-state index < -0.39 is 12.8 Å². The molecule has 162 valence electrons. The Labute approximate surface area is 169 Å². The van der Waals surface area contributed by atoms with Gasteiger partial charge in [-0.2, -0.15) is 13.2 Å². The lowest BCUT2D eigenvalue weighted by Crippen LogP contribution is -2.46. The lowest BCUT2D eigenvalue weighted by atomic mass is 9.97. The van der Waals surface area contributed by atoms with Crippen LogP contribution in [-0.2, 0) is 27.4 Å². The van der Waals surface area contributed by atoms with Crippen LogP contribution >= 0.6 is 0 Å². The summed E-state index contributed by atoms with van der Waals surface area (Å²) in [6.45, 7) is 3.14. The van der Waals surface area contributed by atoms with Gasteiger partial charge < -0.3 is 19.7 Å². The molecule has 0 atom stereocenters. The lowest BCUT2D eigenvalue weighted by molar-refractivity contribution is -0.176. The zero-order valence-electron chi connectivity index (χ0n) is 16.8. The van der Waals surface area contributed by atoms with Crippen LogP contribution in [-0.4, -0.2) is 56.4 Å². The predicted molar refractivity (Wildman–Crippen MR) is 103 cm³/mol. The number of nitrogens with one attached hydrogen (secondary N) is 1. The second-order valence-electron chi connectivity index (χ2n) is 6.88. The normalized spacial score (nSPS) is 16.0. The van der Waals surface area contributed by atoms with E-state index in [0.717, 1.165) is 11.5 Å². The van der Waals surface area contributed by atoms with Gasteiger partial charge >= 0.3 is 12.1 Å². The number of halogens is 3. The molecule has 1 saturated heterocycles. The van der Waals surface area contributed by atoms with E-state index in [-0.39, 0.29) is 18.5 Å². The molecule has 2 rings (SSSR count). The molecule has 1 fully saturated rings. The summed E-state index contributed by atoms with van der Waals surface area (Å²) in [4.78, 5) is 18.4. The standard InChI is InChI=1S/C20H28F3N3O3/c1-3-24-19(26-9-7-17(8-10-26)18(27)28-2)25-12-15-5-4-6-16(11-15)13-29-14-20(21,22)23/h4-6,11,17H,3,7-10,12-14H2,1-2H3,(H,24,25). The highest BCUT2D eigenvalue weighted by Crippen LogP contribution is 2.19. The topological polar surface area (TPSA) is 63.2 Å². The highest BCUT2D eigenvalue weighted by Gasteiger charge is 2.28. The van der Waals surface area contributed by atoms with E-state index in [0.29, 0.717) is 44.6 Å². The number of piperidine rings is 1. The van der Waals surface area contributed by atoms with Gasteiger partial charge in [-0.15, -0.1) is 0 Å². The van der Waals surface area contributed by atoms with Gasteiger partial charge in [-0.25, -0.2) is 4.99 Å². The molecule has 1 aromatic carbocycles. The fourth-order valence-electron chi connectivity index (χ4n) is 3.19. The lowest BCUT2D eigenvalue weighted by Gasteiger charge is -2.33. The van der Waals surface area contributed by atoms with Gasteiger partial charge in [0, 0.05) is 19.6 Å². The number of ether oxygens (including phenoxy) is 2. The number of hydrogen-bond acceptors (Lipinski definition) is 4. The first-order valence-electron chi connectivity index (χ1n) is 9.65. The minimum Gasteiger partial charge on any atom is -0.469 e. The molecule has 0 aromatic heterocycles. The number of benzene rings is 1. The maximum absolute atomic E-state index is 12.2. The van der Waals surface area contributed by atoms with Crippen LogP contribution in [0.25, 0.3) is 0 Å². The summed E-state index contributed by atoms with van der Waals surface area (Å²) in [7, 11) is 1.41. The molecule has 0 saturated carbocycles. The van der Waals surface area contributed by atoms with E-state index >= 15 is 0 Å². The molecule has 6 nitrogen and oxygen atoms in total. The molecule has 1 N–H and O–H groups in total. The van der Waals surface area contributed by atoms with Crippen molar-refractivity contribution in [2.75, 3.05) is 33.4 Å². The first kappa shape index (κ1) is 23.0. The van der Waals surface area contributed by atoms with Gasteiger partial charge in [-0.05, 0) is 30.9 Å². The minimum atomic E-state index is -4.33. The van der Waals surface area contributed by atoms with Crippen molar-refractivity contribution in [3.05, 3.63) is 35.4 Å². The first-order valence-corrected chi connectivity index (χ1v) is 9.65. The van der Waals surface area contributed by atoms with Crippen molar-refractivity contribution in [2.45, 2.75) is 39.1 Å². The smallest absolute Gasteiger partial charge is 0.411 e. The molecular formula is C20H28F3N3O3. The fourth-order valence-corrected chi connectivity index (χ4v) is 3.19. The summed E-state index contributed by atoms with van der Waals surface area (Å²) >= 11 is 0. The Morgan fingerprint density at radius 3 is 2.59 bits per heavy atom. The number of likely N-dealkylation sites (tertiary alicyclic amines) is 1. The number of methoxy groups -OCH3 is 1. The number of nitrogens with zero attached hydrogens (tertiary/aromatic N) is 2. The van der Waals surface area contributed by atoms with Gasteiger partial charge in [0.05, 0.1) is 26.2 Å². The van der Waals surface area contributed by atoms with Crippen molar-refractivity contribution in [2.24, 2.45) is 10.9 Å². The minimum absolute atomic E-state index is 0.0764. The average Bonchev–Trinajstić information content (AvgIpc) is 2.70. The van der Waals surface area contributed by atoms with Crippen molar-refractivity contribution in [1.29, 1.82) is 0 Å². The van der Waals surface area contributed by atoms with Crippen molar-refractivity contribution in [3.63, 3.8) is 0 Å². The SMILES string of the molecule is CCNC(=NCc1cccc(COCC(F)(F)F)c1)N1CCC(C(=O)OC)CC1. The van der Waals surface area contributed by atoms with E-state index in [4.69, 9.17) is 9.47 Å². The quantitative estimate of drug-likeness (QED) is 0.421. The molecule has 0 spiro atoms. The summed E-state index contributed by atoms with van der Waals surface area (Å²) in [5, 5.41) is 3.26. The first-order chi connectivity index (χ1) is 13.8. The molecule has 1 aliphatic heterocycles. The Kier molecular flexibility index (Phi) is 8.75. The van der Waals surface area contributed by atoms with E-state index in [9.17, 15) is 18.0 Å². The molecule has 9 heteroatoms. The maximum Gasteiger partial charge on any atom is 0.411 e. The molecule has 0 unspecified atom stereocenters. The van der Waals surface area contributed by atoms with Crippen molar-refractivity contribution in [1.82, 2.24) is 10.2 Å². The summed E-state index contributed by atoms with van der Waals surface area (Å²) in [6, 6.07) is 7.19. The summed E-state index contributed by atoms with van der Waals surface area (Å²) < 4.78 is 46.2. The number of hydrogen-bond donors (Lipinski definition) is 1. The van der Waals surface area contributed by atoms with Gasteiger partial charge in [-0.1, -0.05) is 24.3 Å². The third kappa shape index (κ3) is 7.92. The number of alkyl halides is 3. The number of esters is 1. The highest BCUT2D eigenvalue weighted by atomic mass is 19.4. The van der Waals surface area contributed by atoms with E-state index in [2.05, 4.69) is 15.2 Å². The predicted octanol–water partition coefficient (Wildman–Crippen LogP) is 3.12. The zero-order chi connectivity index (χ0) is 21.3. The largest absolute Gasteiger partial charge is 0.469 e. The van der Waals surface area contributed by atoms with Gasteiger partial charge in [0.1, 0.15) is 6.61 Å². The van der Waals surface area contributed by atoms with Gasteiger partial charge in [-0.3, -0.25) is 4.79 Å². The maximum atomic E-state index is 12.2. The van der Waals surface area contributed by atoms with Crippen molar-refractivity contribution < 1.29 is 27.4 Å². The third-order valence-corrected chi connectivity index (χ3v) is 4.60. The van der Waals surface area contributed by atoms with Crippen molar-refractivity contribution >= 4 is 11.9 Å². The van der Waals surface area contributed by atoms with Gasteiger partial charge in [0.2, 0.25) is 0 Å². The molecule has 0 radical (unpaired) electrons. The van der Waals surface area contributed by atoms with E-state index in [1.165, 1.54) is 7.11 Å². The zero-order valence-corrected chi connectivity index (χ0v) is 16.8. The Balaban J connectivity index is 1.94. The number of rotatable bonds is 7. The number of carbonyl (C=O) groups excluding carboxylic acids is 1. The summed E-state index contributed by atoms with van der Waals surface area (Å²) in [5.41, 5.74) is 1.56. The Hall–Kier alpha value is -2.29. The van der Waals surface area contributed by atoms with Crippen molar-refractivity contribution in [3.8, 4) is 0 Å². The van der Waals surface area contributed by atoms with Crippen LogP contribution in [0.5, 0.6) is 0 Å². The molecule has 29 heavy (non-hydrogen) atoms. The Morgan fingerprint density at radius 2 is 1.97 bits per heavy atom. The number of aliphatic imine (C=N–C) groups is 1. The second kappa shape index (κ2) is 11.0. The van der Waals surface area contributed by atoms with Crippen LogP contribution < -0.4 is 5.32 Å². The third-order valence-electron chi connectivity index (χ3n) is 4.60. The average molecular weight is 415 g/mol. The summed E-state index contributed by atoms with van der Waals surface area (Å²) in [5.74, 6) is 0.512. The molecule has 1 aliphatic rings. The monoisotopic (exact) mass is 415 g/mol. The van der Waals surface area contributed by atoms with Crippen LogP contribution in [0, 0.1) is 5.92 Å². The molecule has 1 aromatic rings. The second-order valence-corrected chi connectivity index (χ2v) is 6.88. The van der Waals surface area contributed by atoms with Crippen LogP contribution in [0.1, 0.15) is 30.9 Å². The van der Waals surface area contributed by atoms with Gasteiger partial charge in [0.25, 0.3) is 0 Å². The summed E-state index contributed by atoms with van der Waals surface area (Å²) in [6.07, 6.45) is -2.91. The van der Waals surface area contributed by atoms with Gasteiger partial charge in [0.15, 0.2) is 5.96 Å². The van der Waals surface area contributed by atoms with E-state index in [1.54, 1.807) is 18.2 Å². The van der Waals surface area contributed by atoms with Crippen LogP contribution in [0.3, 0.4) is 0 Å². The van der Waals surface area contributed by atoms with Crippen LogP contribution in [0.15, 0.2) is 29.3 Å². The molecular weight excluding hydrogens is 387 g/mol. The fraction of sp³-hybridized carbons (Fsp3) is 0.600. The molecule has 1 heterocycles. The van der Waals surface area contributed by atoms with Crippen LogP contribution in [0.4, 0.5) is 13.2 Å².